The van der Waals surface area contributed by atoms with Crippen LogP contribution in [0, 0.1) is 20.8 Å². The van der Waals surface area contributed by atoms with Gasteiger partial charge in [0.2, 0.25) is 0 Å². The maximum Gasteiger partial charge on any atom is 0.162 e. The van der Waals surface area contributed by atoms with Gasteiger partial charge >= 0.3 is 0 Å². The lowest BCUT2D eigenvalue weighted by Crippen LogP contribution is -2.16. The summed E-state index contributed by atoms with van der Waals surface area (Å²) in [4.78, 5) is 9.14. The van der Waals surface area contributed by atoms with Gasteiger partial charge in [-0.25, -0.2) is 20.5 Å². The molecule has 0 fully saturated rings. The van der Waals surface area contributed by atoms with Crippen molar-refractivity contribution in [2.24, 2.45) is 5.84 Å². The molecule has 0 spiro atoms. The highest BCUT2D eigenvalue weighted by molar-refractivity contribution is 5.51. The zero-order chi connectivity index (χ0) is 15.6. The third kappa shape index (κ3) is 2.76. The highest BCUT2D eigenvalue weighted by atomic mass is 15.3. The summed E-state index contributed by atoms with van der Waals surface area (Å²) in [7, 11) is 0. The number of nitrogens with zero attached hydrogens (tertiary/aromatic N) is 4. The lowest BCUT2D eigenvalue weighted by molar-refractivity contribution is 0.758. The Kier molecular flexibility index (Phi) is 4.57. The van der Waals surface area contributed by atoms with Gasteiger partial charge in [0.1, 0.15) is 11.6 Å². The van der Waals surface area contributed by atoms with Crippen molar-refractivity contribution < 1.29 is 0 Å². The smallest absolute Gasteiger partial charge is 0.162 e. The van der Waals surface area contributed by atoms with E-state index in [2.05, 4.69) is 41.3 Å². The second-order valence-electron chi connectivity index (χ2n) is 5.25. The third-order valence-corrected chi connectivity index (χ3v) is 3.77. The predicted molar refractivity (Wildman–Crippen MR) is 84.5 cm³/mol. The average Bonchev–Trinajstić information content (AvgIpc) is 2.75. The van der Waals surface area contributed by atoms with Crippen LogP contribution in [-0.4, -0.2) is 19.7 Å². The summed E-state index contributed by atoms with van der Waals surface area (Å²) in [6.45, 7) is 10.3. The molecule has 114 valence electrons. The van der Waals surface area contributed by atoms with Gasteiger partial charge in [-0.05, 0) is 39.2 Å². The highest BCUT2D eigenvalue weighted by Crippen LogP contribution is 2.23. The van der Waals surface area contributed by atoms with Crippen molar-refractivity contribution in [3.8, 4) is 5.82 Å². The maximum absolute atomic E-state index is 5.59. The predicted octanol–water partition coefficient (Wildman–Crippen LogP) is 2.39. The molecule has 0 amide bonds. The molecule has 0 bridgehead atoms. The van der Waals surface area contributed by atoms with Gasteiger partial charge in [0, 0.05) is 17.7 Å². The monoisotopic (exact) mass is 288 g/mol. The van der Waals surface area contributed by atoms with Crippen molar-refractivity contribution >= 4 is 5.82 Å². The number of aryl methyl sites for hydroxylation is 2. The molecular weight excluding hydrogens is 264 g/mol. The van der Waals surface area contributed by atoms with E-state index in [4.69, 9.17) is 5.84 Å². The van der Waals surface area contributed by atoms with Crippen LogP contribution in [-0.2, 0) is 12.8 Å². The number of nitrogens with one attached hydrogen (secondary N) is 1. The Hall–Kier alpha value is -1.95. The number of hydrogen-bond acceptors (Lipinski definition) is 5. The molecule has 6 heteroatoms. The van der Waals surface area contributed by atoms with E-state index in [1.165, 1.54) is 5.56 Å². The number of nitrogens with two attached hydrogens (primary N) is 1. The summed E-state index contributed by atoms with van der Waals surface area (Å²) < 4.78 is 1.91. The SMILES string of the molecule is CCCc1nc(NN)c(C)c(-n2nc(C)c(CC)c2C)n1. The fourth-order valence-corrected chi connectivity index (χ4v) is 2.62. The van der Waals surface area contributed by atoms with Crippen LogP contribution < -0.4 is 11.3 Å². The van der Waals surface area contributed by atoms with Gasteiger partial charge in [0.05, 0.1) is 5.69 Å². The van der Waals surface area contributed by atoms with Crippen molar-refractivity contribution in [3.63, 3.8) is 0 Å². The zero-order valence-corrected chi connectivity index (χ0v) is 13.5. The van der Waals surface area contributed by atoms with Gasteiger partial charge in [-0.2, -0.15) is 5.10 Å². The average molecular weight is 288 g/mol. The van der Waals surface area contributed by atoms with E-state index < -0.39 is 0 Å². The maximum atomic E-state index is 5.59. The van der Waals surface area contributed by atoms with E-state index in [0.29, 0.717) is 5.82 Å². The first kappa shape index (κ1) is 15.4. The lowest BCUT2D eigenvalue weighted by Gasteiger charge is -2.13. The second-order valence-corrected chi connectivity index (χ2v) is 5.25. The summed E-state index contributed by atoms with van der Waals surface area (Å²) in [6, 6.07) is 0. The first-order chi connectivity index (χ1) is 10.0. The Balaban J connectivity index is 2.65. The minimum absolute atomic E-state index is 0.661. The van der Waals surface area contributed by atoms with Crippen molar-refractivity contribution in [1.29, 1.82) is 0 Å². The number of aromatic nitrogens is 4. The molecule has 0 aliphatic heterocycles. The van der Waals surface area contributed by atoms with E-state index in [-0.39, 0.29) is 0 Å². The number of hydrogen-bond donors (Lipinski definition) is 2. The molecule has 3 N–H and O–H groups in total. The number of anilines is 1. The topological polar surface area (TPSA) is 81.6 Å². The quantitative estimate of drug-likeness (QED) is 0.652. The molecule has 21 heavy (non-hydrogen) atoms. The van der Waals surface area contributed by atoms with Gasteiger partial charge in [0.25, 0.3) is 0 Å². The Morgan fingerprint density at radius 3 is 2.38 bits per heavy atom. The van der Waals surface area contributed by atoms with E-state index in [1.54, 1.807) is 0 Å². The van der Waals surface area contributed by atoms with Crippen LogP contribution >= 0.6 is 0 Å². The summed E-state index contributed by atoms with van der Waals surface area (Å²) in [5.41, 5.74) is 7.02. The van der Waals surface area contributed by atoms with Crippen molar-refractivity contribution in [2.45, 2.75) is 53.9 Å². The van der Waals surface area contributed by atoms with Gasteiger partial charge in [-0.15, -0.1) is 0 Å². The molecule has 2 aromatic heterocycles. The first-order valence-corrected chi connectivity index (χ1v) is 7.43. The molecular formula is C15H24N6. The van der Waals surface area contributed by atoms with Crippen molar-refractivity contribution in [2.75, 3.05) is 5.43 Å². The van der Waals surface area contributed by atoms with E-state index in [0.717, 1.165) is 47.9 Å². The Morgan fingerprint density at radius 2 is 1.86 bits per heavy atom. The Morgan fingerprint density at radius 1 is 1.14 bits per heavy atom. The Labute approximate surface area is 125 Å². The van der Waals surface area contributed by atoms with Crippen LogP contribution in [0.1, 0.15) is 48.6 Å². The summed E-state index contributed by atoms with van der Waals surface area (Å²) in [5.74, 6) is 7.85. The molecule has 2 aromatic rings. The van der Waals surface area contributed by atoms with E-state index >= 15 is 0 Å². The van der Waals surface area contributed by atoms with Crippen LogP contribution in [0.15, 0.2) is 0 Å². The molecule has 0 aliphatic rings. The summed E-state index contributed by atoms with van der Waals surface area (Å²) in [6.07, 6.45) is 2.78. The largest absolute Gasteiger partial charge is 0.308 e. The van der Waals surface area contributed by atoms with E-state index in [1.807, 2.05) is 18.5 Å². The zero-order valence-electron chi connectivity index (χ0n) is 13.5. The van der Waals surface area contributed by atoms with Gasteiger partial charge in [-0.1, -0.05) is 13.8 Å². The van der Waals surface area contributed by atoms with Crippen molar-refractivity contribution in [1.82, 2.24) is 19.7 Å². The summed E-state index contributed by atoms with van der Waals surface area (Å²) >= 11 is 0. The molecule has 2 heterocycles. The van der Waals surface area contributed by atoms with Gasteiger partial charge in [-0.3, -0.25) is 0 Å². The van der Waals surface area contributed by atoms with Crippen molar-refractivity contribution in [3.05, 3.63) is 28.3 Å². The molecule has 0 saturated carbocycles. The number of nitrogen functional groups attached to an aromatic ring is 1. The molecule has 2 rings (SSSR count). The lowest BCUT2D eigenvalue weighted by atomic mass is 10.1. The molecule has 0 saturated heterocycles. The standard InChI is InChI=1S/C15H24N6/c1-6-8-13-17-14(19-16)9(3)15(18-13)21-11(5)12(7-2)10(4)20-21/h6-8,16H2,1-5H3,(H,17,18,19). The normalized spacial score (nSPS) is 11.0. The molecule has 0 aliphatic carbocycles. The molecule has 6 nitrogen and oxygen atoms in total. The molecule has 0 unspecified atom stereocenters. The minimum Gasteiger partial charge on any atom is -0.308 e. The summed E-state index contributed by atoms with van der Waals surface area (Å²) in [5, 5.41) is 4.65. The number of rotatable bonds is 5. The van der Waals surface area contributed by atoms with Crippen LogP contribution in [0.25, 0.3) is 5.82 Å². The first-order valence-electron chi connectivity index (χ1n) is 7.43. The fourth-order valence-electron chi connectivity index (χ4n) is 2.62. The number of hydrazine groups is 1. The second kappa shape index (κ2) is 6.22. The van der Waals surface area contributed by atoms with Crippen LogP contribution in [0.5, 0.6) is 0 Å². The van der Waals surface area contributed by atoms with Gasteiger partial charge < -0.3 is 5.43 Å². The Bertz CT molecular complexity index is 644. The van der Waals surface area contributed by atoms with Crippen LogP contribution in [0.2, 0.25) is 0 Å². The van der Waals surface area contributed by atoms with E-state index in [9.17, 15) is 0 Å². The van der Waals surface area contributed by atoms with Crippen LogP contribution in [0.4, 0.5) is 5.82 Å². The van der Waals surface area contributed by atoms with Gasteiger partial charge in [0.15, 0.2) is 5.82 Å². The molecule has 0 aromatic carbocycles. The third-order valence-electron chi connectivity index (χ3n) is 3.77. The molecule has 0 atom stereocenters. The fraction of sp³-hybridized carbons (Fsp3) is 0.533. The minimum atomic E-state index is 0.661. The molecule has 0 radical (unpaired) electrons. The highest BCUT2D eigenvalue weighted by Gasteiger charge is 2.17. The van der Waals surface area contributed by atoms with Crippen LogP contribution in [0.3, 0.4) is 0 Å².